The molecule has 30 heavy (non-hydrogen) atoms. The van der Waals surface area contributed by atoms with Gasteiger partial charge in [0.25, 0.3) is 0 Å². The van der Waals surface area contributed by atoms with Gasteiger partial charge in [0, 0.05) is 30.4 Å². The number of rotatable bonds is 3. The van der Waals surface area contributed by atoms with E-state index in [0.717, 1.165) is 44.9 Å². The zero-order valence-electron chi connectivity index (χ0n) is 17.4. The summed E-state index contributed by atoms with van der Waals surface area (Å²) < 4.78 is 5.07. The largest absolute Gasteiger partial charge is 0.337 e. The predicted octanol–water partition coefficient (Wildman–Crippen LogP) is 4.72. The highest BCUT2D eigenvalue weighted by molar-refractivity contribution is 7.13. The summed E-state index contributed by atoms with van der Waals surface area (Å²) in [6.07, 6.45) is 3.92. The molecule has 1 aliphatic rings. The van der Waals surface area contributed by atoms with Crippen molar-refractivity contribution in [3.05, 3.63) is 42.2 Å². The second kappa shape index (κ2) is 8.89. The van der Waals surface area contributed by atoms with Crippen molar-refractivity contribution in [2.24, 2.45) is 11.8 Å². The number of hydrogen-bond acceptors (Lipinski definition) is 7. The molecule has 3 aromatic heterocycles. The Balaban J connectivity index is 0.000000204. The van der Waals surface area contributed by atoms with Crippen LogP contribution in [0.5, 0.6) is 0 Å². The first-order valence-electron chi connectivity index (χ1n) is 10.1. The highest BCUT2D eigenvalue weighted by atomic mass is 32.1. The standard InChI is InChI=1S/C14H9N5OS.C8H17N/c20-7-11-9-4-3-8(6-12(9)21-19-11)16-14-13-10(17-18-14)2-1-5-15-13;1-7-4-8(2)6-9(3)5-7/h1-7H,(H2,16,17,18);7-8H,4-6H2,1-3H3. The quantitative estimate of drug-likeness (QED) is 0.465. The number of benzene rings is 1. The van der Waals surface area contributed by atoms with Gasteiger partial charge < -0.3 is 10.2 Å². The van der Waals surface area contributed by atoms with Gasteiger partial charge in [-0.2, -0.15) is 9.47 Å². The fraction of sp³-hybridized carbons (Fsp3) is 0.364. The summed E-state index contributed by atoms with van der Waals surface area (Å²) in [5, 5.41) is 11.3. The maximum Gasteiger partial charge on any atom is 0.178 e. The highest BCUT2D eigenvalue weighted by Gasteiger charge is 2.18. The Bertz CT molecular complexity index is 1130. The van der Waals surface area contributed by atoms with Gasteiger partial charge in [-0.15, -0.1) is 0 Å². The second-order valence-corrected chi connectivity index (χ2v) is 8.97. The first-order valence-corrected chi connectivity index (χ1v) is 10.9. The summed E-state index contributed by atoms with van der Waals surface area (Å²) in [5.74, 6) is 2.50. The zero-order valence-corrected chi connectivity index (χ0v) is 18.2. The molecular formula is C22H26N6OS. The van der Waals surface area contributed by atoms with Gasteiger partial charge >= 0.3 is 0 Å². The number of piperidine rings is 1. The molecule has 5 rings (SSSR count). The molecule has 2 unspecified atom stereocenters. The van der Waals surface area contributed by atoms with Crippen LogP contribution in [-0.2, 0) is 0 Å². The zero-order chi connectivity index (χ0) is 21.1. The molecule has 0 radical (unpaired) electrons. The lowest BCUT2D eigenvalue weighted by Gasteiger charge is -2.31. The SMILES string of the molecule is CC1CC(C)CN(C)C1.O=Cc1nsc2cc(Nc3n[nH]c4cccnc34)ccc12. The van der Waals surface area contributed by atoms with Crippen LogP contribution in [0.4, 0.5) is 11.5 Å². The van der Waals surface area contributed by atoms with Gasteiger partial charge in [-0.25, -0.2) is 0 Å². The lowest BCUT2D eigenvalue weighted by molar-refractivity contribution is 0.112. The maximum absolute atomic E-state index is 10.9. The number of H-pyrrole nitrogens is 1. The van der Waals surface area contributed by atoms with Crippen LogP contribution < -0.4 is 5.32 Å². The Labute approximate surface area is 179 Å². The van der Waals surface area contributed by atoms with Crippen molar-refractivity contribution >= 4 is 50.4 Å². The van der Waals surface area contributed by atoms with Crippen LogP contribution in [0.1, 0.15) is 30.8 Å². The molecule has 4 aromatic rings. The van der Waals surface area contributed by atoms with E-state index in [1.807, 2.05) is 30.3 Å². The van der Waals surface area contributed by atoms with Crippen molar-refractivity contribution < 1.29 is 4.79 Å². The van der Waals surface area contributed by atoms with Crippen LogP contribution >= 0.6 is 11.5 Å². The van der Waals surface area contributed by atoms with Gasteiger partial charge in [-0.1, -0.05) is 13.8 Å². The Morgan fingerprint density at radius 1 is 1.23 bits per heavy atom. The Morgan fingerprint density at radius 3 is 2.77 bits per heavy atom. The van der Waals surface area contributed by atoms with Crippen molar-refractivity contribution in [1.29, 1.82) is 0 Å². The molecule has 0 amide bonds. The number of aromatic amines is 1. The number of aldehydes is 1. The van der Waals surface area contributed by atoms with Gasteiger partial charge in [0.15, 0.2) is 12.1 Å². The molecule has 4 heterocycles. The van der Waals surface area contributed by atoms with Gasteiger partial charge in [-0.3, -0.25) is 14.9 Å². The van der Waals surface area contributed by atoms with Crippen LogP contribution in [0.2, 0.25) is 0 Å². The molecule has 0 spiro atoms. The number of nitrogens with one attached hydrogen (secondary N) is 2. The lowest BCUT2D eigenvalue weighted by atomic mass is 9.92. The summed E-state index contributed by atoms with van der Waals surface area (Å²) >= 11 is 1.30. The maximum atomic E-state index is 10.9. The highest BCUT2D eigenvalue weighted by Crippen LogP contribution is 2.28. The third kappa shape index (κ3) is 4.49. The van der Waals surface area contributed by atoms with E-state index < -0.39 is 0 Å². The lowest BCUT2D eigenvalue weighted by Crippen LogP contribution is -2.35. The number of fused-ring (bicyclic) bond motifs is 2. The number of aromatic nitrogens is 4. The number of carbonyl (C=O) groups is 1. The molecule has 2 atom stereocenters. The molecule has 1 fully saturated rings. The Morgan fingerprint density at radius 2 is 2.03 bits per heavy atom. The van der Waals surface area contributed by atoms with Gasteiger partial charge in [0.1, 0.15) is 11.2 Å². The molecule has 7 nitrogen and oxygen atoms in total. The third-order valence-electron chi connectivity index (χ3n) is 5.25. The molecular weight excluding hydrogens is 396 g/mol. The van der Waals surface area contributed by atoms with E-state index in [-0.39, 0.29) is 0 Å². The molecule has 156 valence electrons. The van der Waals surface area contributed by atoms with Crippen molar-refractivity contribution in [1.82, 2.24) is 24.5 Å². The number of hydrogen-bond donors (Lipinski definition) is 2. The molecule has 1 saturated heterocycles. The predicted molar refractivity (Wildman–Crippen MR) is 123 cm³/mol. The van der Waals surface area contributed by atoms with E-state index >= 15 is 0 Å². The topological polar surface area (TPSA) is 86.8 Å². The van der Waals surface area contributed by atoms with E-state index in [1.165, 1.54) is 31.0 Å². The van der Waals surface area contributed by atoms with E-state index in [1.54, 1.807) is 6.20 Å². The average molecular weight is 423 g/mol. The molecule has 0 aliphatic carbocycles. The van der Waals surface area contributed by atoms with E-state index in [4.69, 9.17) is 0 Å². The molecule has 2 N–H and O–H groups in total. The Hall–Kier alpha value is -2.84. The fourth-order valence-corrected chi connectivity index (χ4v) is 4.96. The van der Waals surface area contributed by atoms with Gasteiger partial charge in [-0.05, 0) is 67.2 Å². The first-order chi connectivity index (χ1) is 14.5. The minimum atomic E-state index is 0.480. The summed E-state index contributed by atoms with van der Waals surface area (Å²) in [6, 6.07) is 9.50. The number of pyridine rings is 1. The van der Waals surface area contributed by atoms with Crippen LogP contribution in [0.15, 0.2) is 36.5 Å². The van der Waals surface area contributed by atoms with Crippen LogP contribution in [0, 0.1) is 11.8 Å². The van der Waals surface area contributed by atoms with Crippen molar-refractivity contribution in [2.45, 2.75) is 20.3 Å². The smallest absolute Gasteiger partial charge is 0.178 e. The van der Waals surface area contributed by atoms with Crippen LogP contribution in [0.3, 0.4) is 0 Å². The number of nitrogens with zero attached hydrogens (tertiary/aromatic N) is 4. The summed E-state index contributed by atoms with van der Waals surface area (Å²) in [4.78, 5) is 17.6. The van der Waals surface area contributed by atoms with Crippen molar-refractivity contribution in [3.8, 4) is 0 Å². The number of anilines is 2. The van der Waals surface area contributed by atoms with Crippen LogP contribution in [0.25, 0.3) is 21.1 Å². The molecule has 1 aromatic carbocycles. The minimum absolute atomic E-state index is 0.480. The molecule has 1 aliphatic heterocycles. The van der Waals surface area contributed by atoms with E-state index in [0.29, 0.717) is 11.5 Å². The molecule has 0 saturated carbocycles. The normalized spacial score (nSPS) is 19.4. The second-order valence-electron chi connectivity index (χ2n) is 8.16. The molecule has 8 heteroatoms. The summed E-state index contributed by atoms with van der Waals surface area (Å²) in [5.41, 5.74) is 3.02. The van der Waals surface area contributed by atoms with E-state index in [9.17, 15) is 4.79 Å². The Kier molecular flexibility index (Phi) is 6.06. The third-order valence-corrected chi connectivity index (χ3v) is 6.07. The number of carbonyl (C=O) groups excluding carboxylic acids is 1. The minimum Gasteiger partial charge on any atom is -0.337 e. The first kappa shape index (κ1) is 20.4. The fourth-order valence-electron chi connectivity index (χ4n) is 4.17. The number of likely N-dealkylation sites (tertiary alicyclic amines) is 1. The average Bonchev–Trinajstić information content (AvgIpc) is 3.31. The molecule has 0 bridgehead atoms. The van der Waals surface area contributed by atoms with E-state index in [2.05, 4.69) is 50.7 Å². The van der Waals surface area contributed by atoms with Crippen molar-refractivity contribution in [2.75, 3.05) is 25.5 Å². The van der Waals surface area contributed by atoms with Gasteiger partial charge in [0.2, 0.25) is 0 Å². The van der Waals surface area contributed by atoms with Crippen LogP contribution in [-0.4, -0.2) is 50.9 Å². The monoisotopic (exact) mass is 422 g/mol. The summed E-state index contributed by atoms with van der Waals surface area (Å²) in [7, 11) is 2.21. The summed E-state index contributed by atoms with van der Waals surface area (Å²) in [6.45, 7) is 7.27. The van der Waals surface area contributed by atoms with Crippen molar-refractivity contribution in [3.63, 3.8) is 0 Å². The van der Waals surface area contributed by atoms with Gasteiger partial charge in [0.05, 0.1) is 10.2 Å².